The molecular weight excluding hydrogens is 524 g/mol. The van der Waals surface area contributed by atoms with Crippen LogP contribution < -0.4 is 5.56 Å². The van der Waals surface area contributed by atoms with Gasteiger partial charge in [-0.25, -0.2) is 0 Å². The van der Waals surface area contributed by atoms with E-state index in [4.69, 9.17) is 18.9 Å². The minimum Gasteiger partial charge on any atom is -0.374 e. The number of rotatable bonds is 12. The van der Waals surface area contributed by atoms with Crippen molar-refractivity contribution in [2.75, 3.05) is 6.61 Å². The lowest BCUT2D eigenvalue weighted by atomic mass is 9.95. The summed E-state index contributed by atoms with van der Waals surface area (Å²) in [5.41, 5.74) is 2.31. The lowest BCUT2D eigenvalue weighted by Gasteiger charge is -2.42. The predicted octanol–water partition coefficient (Wildman–Crippen LogP) is 4.78. The molecule has 1 saturated heterocycles. The first-order valence-electron chi connectivity index (χ1n) is 13.5. The van der Waals surface area contributed by atoms with E-state index < -0.39 is 41.1 Å². The van der Waals surface area contributed by atoms with Crippen molar-refractivity contribution in [3.05, 3.63) is 153 Å². The fraction of sp³-hybridized carbons (Fsp3) is 0.281. The molecule has 0 spiro atoms. The predicted molar refractivity (Wildman–Crippen MR) is 152 cm³/mol. The van der Waals surface area contributed by atoms with Crippen LogP contribution in [0, 0.1) is 10.1 Å². The first-order chi connectivity index (χ1) is 20.1. The van der Waals surface area contributed by atoms with E-state index in [0.717, 1.165) is 16.7 Å². The Kier molecular flexibility index (Phi) is 9.66. The average molecular weight is 557 g/mol. The van der Waals surface area contributed by atoms with Gasteiger partial charge in [-0.05, 0) is 22.8 Å². The summed E-state index contributed by atoms with van der Waals surface area (Å²) < 4.78 is 26.3. The van der Waals surface area contributed by atoms with Gasteiger partial charge in [-0.2, -0.15) is 0 Å². The number of aromatic nitrogens is 1. The van der Waals surface area contributed by atoms with Gasteiger partial charge in [-0.15, -0.1) is 0 Å². The van der Waals surface area contributed by atoms with Crippen LogP contribution in [0.2, 0.25) is 0 Å². The monoisotopic (exact) mass is 556 g/mol. The molecule has 212 valence electrons. The summed E-state index contributed by atoms with van der Waals surface area (Å²) in [4.78, 5) is 25.0. The van der Waals surface area contributed by atoms with E-state index >= 15 is 0 Å². The summed E-state index contributed by atoms with van der Waals surface area (Å²) >= 11 is 0. The van der Waals surface area contributed by atoms with Crippen molar-refractivity contribution in [2.24, 2.45) is 0 Å². The Balaban J connectivity index is 1.48. The van der Waals surface area contributed by atoms with Gasteiger partial charge in [0.25, 0.3) is 11.6 Å². The number of benzene rings is 3. The van der Waals surface area contributed by atoms with Crippen LogP contribution in [0.1, 0.15) is 22.9 Å². The molecule has 0 saturated carbocycles. The van der Waals surface area contributed by atoms with Crippen LogP contribution in [0.3, 0.4) is 0 Å². The molecule has 0 amide bonds. The molecule has 9 heteroatoms. The van der Waals surface area contributed by atoms with Gasteiger partial charge in [0.15, 0.2) is 6.10 Å². The second-order valence-electron chi connectivity index (χ2n) is 9.81. The maximum atomic E-state index is 12.8. The second kappa shape index (κ2) is 14.0. The summed E-state index contributed by atoms with van der Waals surface area (Å²) in [5, 5.41) is 12.6. The van der Waals surface area contributed by atoms with Crippen molar-refractivity contribution < 1.29 is 23.9 Å². The molecule has 0 radical (unpaired) electrons. The number of hydrogen-bond acceptors (Lipinski definition) is 7. The van der Waals surface area contributed by atoms with E-state index in [1.54, 1.807) is 12.1 Å². The smallest absolute Gasteiger partial charge is 0.285 e. The lowest BCUT2D eigenvalue weighted by Crippen LogP contribution is -2.61. The highest BCUT2D eigenvalue weighted by molar-refractivity contribution is 5.15. The Morgan fingerprint density at radius 3 is 1.76 bits per heavy atom. The number of nitro groups is 1. The first kappa shape index (κ1) is 28.4. The fourth-order valence-corrected chi connectivity index (χ4v) is 4.94. The minimum atomic E-state index is -1.43. The van der Waals surface area contributed by atoms with Gasteiger partial charge in [0.05, 0.1) is 26.4 Å². The van der Waals surface area contributed by atoms with Crippen molar-refractivity contribution in [2.45, 2.75) is 50.4 Å². The molecule has 1 fully saturated rings. The molecular formula is C32H32N2O7. The molecule has 0 N–H and O–H groups in total. The minimum absolute atomic E-state index is 0.0715. The quantitative estimate of drug-likeness (QED) is 0.183. The highest BCUT2D eigenvalue weighted by Crippen LogP contribution is 2.34. The van der Waals surface area contributed by atoms with E-state index in [1.807, 2.05) is 91.0 Å². The maximum absolute atomic E-state index is 12.8. The van der Waals surface area contributed by atoms with Crippen LogP contribution >= 0.6 is 0 Å². The molecule has 1 aliphatic heterocycles. The van der Waals surface area contributed by atoms with Gasteiger partial charge >= 0.3 is 0 Å². The number of ether oxygens (including phenoxy) is 4. The van der Waals surface area contributed by atoms with Crippen LogP contribution in [-0.4, -0.2) is 40.5 Å². The molecule has 1 aliphatic rings. The van der Waals surface area contributed by atoms with Crippen LogP contribution in [0.25, 0.3) is 0 Å². The largest absolute Gasteiger partial charge is 0.374 e. The summed E-state index contributed by atoms with van der Waals surface area (Å²) in [6.45, 7) is 0.697. The van der Waals surface area contributed by atoms with Gasteiger partial charge in [-0.1, -0.05) is 97.1 Å². The van der Waals surface area contributed by atoms with Gasteiger partial charge < -0.3 is 18.9 Å². The van der Waals surface area contributed by atoms with Crippen molar-refractivity contribution >= 4 is 0 Å². The van der Waals surface area contributed by atoms with Crippen molar-refractivity contribution in [1.82, 2.24) is 4.57 Å². The van der Waals surface area contributed by atoms with Crippen molar-refractivity contribution in [3.8, 4) is 0 Å². The molecule has 3 aromatic carbocycles. The Bertz CT molecular complexity index is 1430. The van der Waals surface area contributed by atoms with Crippen LogP contribution in [0.5, 0.6) is 0 Å². The summed E-state index contributed by atoms with van der Waals surface area (Å²) in [5.74, 6) is 0. The van der Waals surface area contributed by atoms with E-state index in [2.05, 4.69) is 0 Å². The SMILES string of the molecule is O=c1ccccn1[C@@H]1O[C@H](COCc2ccccc2)[C@H](OCc2ccccc2)[C@H](OCc2ccccc2)[C@H]1[N+](=O)[O-]. The number of pyridine rings is 1. The molecule has 9 nitrogen and oxygen atoms in total. The molecule has 0 aliphatic carbocycles. The zero-order valence-corrected chi connectivity index (χ0v) is 22.4. The zero-order valence-electron chi connectivity index (χ0n) is 22.4. The topological polar surface area (TPSA) is 102 Å². The highest BCUT2D eigenvalue weighted by Gasteiger charge is 2.55. The average Bonchev–Trinajstić information content (AvgIpc) is 3.00. The maximum Gasteiger partial charge on any atom is 0.285 e. The normalized spacial score (nSPS) is 22.3. The van der Waals surface area contributed by atoms with Gasteiger partial charge in [-0.3, -0.25) is 19.5 Å². The van der Waals surface area contributed by atoms with Crippen molar-refractivity contribution in [1.29, 1.82) is 0 Å². The molecule has 5 rings (SSSR count). The first-order valence-corrected chi connectivity index (χ1v) is 13.5. The van der Waals surface area contributed by atoms with Gasteiger partial charge in [0, 0.05) is 17.2 Å². The lowest BCUT2D eigenvalue weighted by molar-refractivity contribution is -0.568. The Hall–Kier alpha value is -4.15. The third kappa shape index (κ3) is 7.33. The highest BCUT2D eigenvalue weighted by atomic mass is 16.7. The third-order valence-corrected chi connectivity index (χ3v) is 6.97. The van der Waals surface area contributed by atoms with Crippen LogP contribution in [0.4, 0.5) is 0 Å². The third-order valence-electron chi connectivity index (χ3n) is 6.97. The molecule has 0 bridgehead atoms. The van der Waals surface area contributed by atoms with E-state index in [1.165, 1.54) is 16.8 Å². The standard InChI is InChI=1S/C32H32N2O7/c35-28-18-10-11-19-33(28)32-29(34(36)37)31(40-22-26-16-8-3-9-17-26)30(39-21-25-14-6-2-7-15-25)27(41-32)23-38-20-24-12-4-1-5-13-24/h1-19,27,29-32H,20-23H2/t27-,29-,30+,31-,32-/m1/s1. The number of hydrogen-bond donors (Lipinski definition) is 0. The summed E-state index contributed by atoms with van der Waals surface area (Å²) in [6, 6.07) is 31.8. The summed E-state index contributed by atoms with van der Waals surface area (Å²) in [6.07, 6.45) is -2.42. The van der Waals surface area contributed by atoms with Crippen LogP contribution in [-0.2, 0) is 38.8 Å². The molecule has 0 unspecified atom stereocenters. The molecule has 5 atom stereocenters. The fourth-order valence-electron chi connectivity index (χ4n) is 4.94. The molecule has 4 aromatic rings. The van der Waals surface area contributed by atoms with Crippen LogP contribution in [0.15, 0.2) is 120 Å². The Labute approximate surface area is 238 Å². The molecule has 1 aromatic heterocycles. The zero-order chi connectivity index (χ0) is 28.4. The Morgan fingerprint density at radius 1 is 0.707 bits per heavy atom. The second-order valence-corrected chi connectivity index (χ2v) is 9.81. The van der Waals surface area contributed by atoms with E-state index in [0.29, 0.717) is 6.61 Å². The van der Waals surface area contributed by atoms with E-state index in [9.17, 15) is 14.9 Å². The van der Waals surface area contributed by atoms with Gasteiger partial charge in [0.1, 0.15) is 12.2 Å². The molecule has 41 heavy (non-hydrogen) atoms. The summed E-state index contributed by atoms with van der Waals surface area (Å²) in [7, 11) is 0. The Morgan fingerprint density at radius 2 is 1.22 bits per heavy atom. The van der Waals surface area contributed by atoms with Crippen molar-refractivity contribution in [3.63, 3.8) is 0 Å². The number of nitrogens with zero attached hydrogens (tertiary/aromatic N) is 2. The molecule has 2 heterocycles. The van der Waals surface area contributed by atoms with Gasteiger partial charge in [0.2, 0.25) is 6.23 Å². The van der Waals surface area contributed by atoms with E-state index in [-0.39, 0.29) is 19.8 Å².